The van der Waals surface area contributed by atoms with Gasteiger partial charge in [-0.1, -0.05) is 44.2 Å². The maximum Gasteiger partial charge on any atom is 0.479 e. The Morgan fingerprint density at radius 2 is 1.65 bits per heavy atom. The number of halogens is 3. The molecule has 2 aromatic carbocycles. The Morgan fingerprint density at radius 3 is 2.23 bits per heavy atom. The molecule has 0 spiro atoms. The molecular weight excluding hydrogens is 369 g/mol. The fourth-order valence-corrected chi connectivity index (χ4v) is 2.06. The summed E-state index contributed by atoms with van der Waals surface area (Å²) in [5, 5.41) is 0. The van der Waals surface area contributed by atoms with Crippen LogP contribution >= 0.6 is 12.0 Å². The molecule has 0 aromatic heterocycles. The number of carbonyl (C=O) groups excluding carboxylic acids is 1. The Hall–Kier alpha value is -2.35. The van der Waals surface area contributed by atoms with Crippen LogP contribution < -0.4 is 8.92 Å². The van der Waals surface area contributed by atoms with E-state index in [-0.39, 0.29) is 23.7 Å². The van der Waals surface area contributed by atoms with Gasteiger partial charge in [0.25, 0.3) is 0 Å². The number of methoxy groups -OCH3 is 1. The molecule has 2 aromatic rings. The molecular formula is C18H19F3O4S. The topological polar surface area (TPSA) is 44.8 Å². The van der Waals surface area contributed by atoms with Crippen LogP contribution in [0, 0.1) is 0 Å². The molecule has 0 saturated carbocycles. The van der Waals surface area contributed by atoms with Crippen molar-refractivity contribution in [2.45, 2.75) is 26.0 Å². The van der Waals surface area contributed by atoms with Gasteiger partial charge in [0, 0.05) is 6.07 Å². The normalized spacial score (nSPS) is 10.4. The lowest BCUT2D eigenvalue weighted by atomic mass is 10.2. The van der Waals surface area contributed by atoms with E-state index in [2.05, 4.69) is 8.92 Å². The first-order valence-corrected chi connectivity index (χ1v) is 8.44. The average molecular weight is 388 g/mol. The number of carbonyl (C=O) groups is 1. The second-order valence-corrected chi connectivity index (χ2v) is 5.37. The average Bonchev–Trinajstić information content (AvgIpc) is 2.66. The molecule has 26 heavy (non-hydrogen) atoms. The van der Waals surface area contributed by atoms with Gasteiger partial charge < -0.3 is 13.7 Å². The van der Waals surface area contributed by atoms with Crippen LogP contribution in [0.1, 0.15) is 29.8 Å². The van der Waals surface area contributed by atoms with E-state index in [1.807, 2.05) is 44.2 Å². The zero-order chi connectivity index (χ0) is 19.6. The van der Waals surface area contributed by atoms with Gasteiger partial charge in [0.05, 0.1) is 12.7 Å². The highest BCUT2D eigenvalue weighted by molar-refractivity contribution is 7.95. The van der Waals surface area contributed by atoms with Crippen LogP contribution in [0.5, 0.6) is 11.5 Å². The molecule has 0 radical (unpaired) electrons. The highest BCUT2D eigenvalue weighted by atomic mass is 32.2. The van der Waals surface area contributed by atoms with Gasteiger partial charge in [-0.05, 0) is 17.7 Å². The quantitative estimate of drug-likeness (QED) is 0.474. The molecule has 0 unspecified atom stereocenters. The van der Waals surface area contributed by atoms with E-state index in [0.717, 1.165) is 11.6 Å². The van der Waals surface area contributed by atoms with Crippen LogP contribution in [-0.4, -0.2) is 18.6 Å². The zero-order valence-electron chi connectivity index (χ0n) is 14.5. The van der Waals surface area contributed by atoms with Gasteiger partial charge >= 0.3 is 11.5 Å². The van der Waals surface area contributed by atoms with Crippen molar-refractivity contribution in [2.24, 2.45) is 0 Å². The number of ether oxygens (including phenoxy) is 2. The van der Waals surface area contributed by atoms with Crippen LogP contribution in [-0.2, 0) is 11.3 Å². The van der Waals surface area contributed by atoms with Crippen LogP contribution in [0.3, 0.4) is 0 Å². The largest absolute Gasteiger partial charge is 0.489 e. The van der Waals surface area contributed by atoms with Gasteiger partial charge in [-0.15, -0.1) is 0 Å². The lowest BCUT2D eigenvalue weighted by molar-refractivity contribution is -0.0369. The number of hydrogen-bond acceptors (Lipinski definition) is 5. The first-order chi connectivity index (χ1) is 12.4. The number of benzene rings is 2. The predicted octanol–water partition coefficient (Wildman–Crippen LogP) is 5.63. The molecule has 0 saturated heterocycles. The van der Waals surface area contributed by atoms with E-state index < -0.39 is 23.5 Å². The lowest BCUT2D eigenvalue weighted by Crippen LogP contribution is -2.05. The third-order valence-electron chi connectivity index (χ3n) is 2.78. The van der Waals surface area contributed by atoms with E-state index in [9.17, 15) is 18.0 Å². The molecule has 4 nitrogen and oxygen atoms in total. The minimum Gasteiger partial charge on any atom is -0.489 e. The van der Waals surface area contributed by atoms with Crippen molar-refractivity contribution < 1.29 is 31.6 Å². The van der Waals surface area contributed by atoms with Crippen LogP contribution in [0.25, 0.3) is 0 Å². The van der Waals surface area contributed by atoms with Crippen LogP contribution in [0.15, 0.2) is 48.5 Å². The molecule has 0 N–H and O–H groups in total. The second-order valence-electron chi connectivity index (χ2n) is 4.57. The molecule has 8 heteroatoms. The molecule has 0 aliphatic rings. The van der Waals surface area contributed by atoms with Gasteiger partial charge in [0.2, 0.25) is 0 Å². The molecule has 0 aliphatic heterocycles. The highest BCUT2D eigenvalue weighted by Crippen LogP contribution is 2.34. The van der Waals surface area contributed by atoms with E-state index in [1.54, 1.807) is 0 Å². The van der Waals surface area contributed by atoms with Gasteiger partial charge in [-0.25, -0.2) is 4.79 Å². The maximum atomic E-state index is 12.3. The van der Waals surface area contributed by atoms with Gasteiger partial charge in [0.1, 0.15) is 18.1 Å². The first-order valence-electron chi connectivity index (χ1n) is 7.70. The summed E-state index contributed by atoms with van der Waals surface area (Å²) >= 11 is -0.670. The molecule has 0 bridgehead atoms. The van der Waals surface area contributed by atoms with Crippen molar-refractivity contribution in [1.29, 1.82) is 0 Å². The monoisotopic (exact) mass is 388 g/mol. The number of esters is 1. The Balaban J connectivity index is 0.00000163. The fourth-order valence-electron chi connectivity index (χ4n) is 1.78. The maximum absolute atomic E-state index is 12.3. The fraction of sp³-hybridized carbons (Fsp3) is 0.278. The summed E-state index contributed by atoms with van der Waals surface area (Å²) in [5.74, 6) is -0.676. The summed E-state index contributed by atoms with van der Waals surface area (Å²) in [5.41, 5.74) is -3.67. The second kappa shape index (κ2) is 10.6. The number of rotatable bonds is 6. The Labute approximate surface area is 154 Å². The Morgan fingerprint density at radius 1 is 1.04 bits per heavy atom. The van der Waals surface area contributed by atoms with Crippen molar-refractivity contribution in [3.63, 3.8) is 0 Å². The van der Waals surface area contributed by atoms with E-state index in [4.69, 9.17) is 4.74 Å². The van der Waals surface area contributed by atoms with Crippen molar-refractivity contribution in [3.8, 4) is 11.5 Å². The molecule has 0 atom stereocenters. The summed E-state index contributed by atoms with van der Waals surface area (Å²) in [4.78, 5) is 11.6. The highest BCUT2D eigenvalue weighted by Gasteiger charge is 2.31. The van der Waals surface area contributed by atoms with Crippen LogP contribution in [0.4, 0.5) is 13.2 Å². The number of hydrogen-bond donors (Lipinski definition) is 0. The smallest absolute Gasteiger partial charge is 0.479 e. The third-order valence-corrected chi connectivity index (χ3v) is 3.25. The predicted molar refractivity (Wildman–Crippen MR) is 94.2 cm³/mol. The van der Waals surface area contributed by atoms with E-state index in [0.29, 0.717) is 0 Å². The van der Waals surface area contributed by atoms with Crippen molar-refractivity contribution in [2.75, 3.05) is 7.11 Å². The summed E-state index contributed by atoms with van der Waals surface area (Å²) < 4.78 is 51.5. The van der Waals surface area contributed by atoms with Gasteiger partial charge in [-0.3, -0.25) is 0 Å². The first kappa shape index (κ1) is 21.7. The molecule has 0 fully saturated rings. The summed E-state index contributed by atoms with van der Waals surface area (Å²) in [6.07, 6.45) is 0. The molecule has 142 valence electrons. The van der Waals surface area contributed by atoms with Gasteiger partial charge in [0.15, 0.2) is 12.0 Å². The minimum absolute atomic E-state index is 0.0286. The van der Waals surface area contributed by atoms with E-state index >= 15 is 0 Å². The van der Waals surface area contributed by atoms with Crippen molar-refractivity contribution in [1.82, 2.24) is 0 Å². The number of alkyl halides is 3. The lowest BCUT2D eigenvalue weighted by Gasteiger charge is -2.11. The van der Waals surface area contributed by atoms with Crippen LogP contribution in [0.2, 0.25) is 0 Å². The molecule has 0 amide bonds. The van der Waals surface area contributed by atoms with Crippen molar-refractivity contribution in [3.05, 3.63) is 59.7 Å². The van der Waals surface area contributed by atoms with Crippen molar-refractivity contribution >= 4 is 18.0 Å². The zero-order valence-corrected chi connectivity index (χ0v) is 15.3. The summed E-state index contributed by atoms with van der Waals surface area (Å²) in [7, 11) is 1.17. The SMILES string of the molecule is CC.COC(=O)c1cc(OCc2ccccc2)cc(OSC(F)(F)F)c1. The Bertz CT molecular complexity index is 691. The molecule has 0 aliphatic carbocycles. The Kier molecular flexibility index (Phi) is 8.84. The minimum atomic E-state index is -4.56. The summed E-state index contributed by atoms with van der Waals surface area (Å²) in [6.45, 7) is 4.19. The molecule has 0 heterocycles. The standard InChI is InChI=1S/C16H13F3O4S.C2H6/c1-21-15(20)12-7-13(22-10-11-5-3-2-4-6-11)9-14(8-12)23-24-16(17,18)19;1-2/h2-9H,10H2,1H3;1-2H3. The summed E-state index contributed by atoms with van der Waals surface area (Å²) in [6, 6.07) is 13.0. The third kappa shape index (κ3) is 7.69. The van der Waals surface area contributed by atoms with Gasteiger partial charge in [-0.2, -0.15) is 13.2 Å². The van der Waals surface area contributed by atoms with E-state index in [1.165, 1.54) is 19.2 Å². The molecule has 2 rings (SSSR count).